The van der Waals surface area contributed by atoms with Gasteiger partial charge < -0.3 is 4.74 Å². The molecule has 2 aliphatic rings. The Kier molecular flexibility index (Phi) is 12.6. The highest BCUT2D eigenvalue weighted by Crippen LogP contribution is 2.42. The Morgan fingerprint density at radius 3 is 1.98 bits per heavy atom. The van der Waals surface area contributed by atoms with E-state index in [-0.39, 0.29) is 5.92 Å². The number of allylic oxidation sites excluding steroid dienone is 1. The van der Waals surface area contributed by atoms with Gasteiger partial charge in [-0.3, -0.25) is 0 Å². The molecule has 0 radical (unpaired) electrons. The van der Waals surface area contributed by atoms with Crippen molar-refractivity contribution in [3.63, 3.8) is 0 Å². The molecule has 0 N–H and O–H groups in total. The van der Waals surface area contributed by atoms with E-state index < -0.39 is 23.6 Å². The minimum absolute atomic E-state index is 0.228. The van der Waals surface area contributed by atoms with E-state index in [0.29, 0.717) is 17.4 Å². The highest BCUT2D eigenvalue weighted by atomic mass is 19.3. The molecule has 2 saturated carbocycles. The van der Waals surface area contributed by atoms with Crippen molar-refractivity contribution in [3.8, 4) is 0 Å². The maximum absolute atomic E-state index is 15.2. The topological polar surface area (TPSA) is 9.23 Å². The SMILES string of the molecule is C=CCCC1CCC(c2ccc(C(F)(F)OC(C)c3ccc(C4CCC(CCCCCCC)CC4)cc3)c(F)c2)CC1. The van der Waals surface area contributed by atoms with Gasteiger partial charge in [-0.2, -0.15) is 8.78 Å². The summed E-state index contributed by atoms with van der Waals surface area (Å²) < 4.78 is 50.6. The van der Waals surface area contributed by atoms with Crippen molar-refractivity contribution in [1.29, 1.82) is 0 Å². The second-order valence-electron chi connectivity index (χ2n) is 13.2. The molecule has 2 aromatic rings. The summed E-state index contributed by atoms with van der Waals surface area (Å²) >= 11 is 0. The molecule has 1 unspecified atom stereocenters. The third-order valence-corrected chi connectivity index (χ3v) is 10.2. The van der Waals surface area contributed by atoms with Gasteiger partial charge in [0, 0.05) is 0 Å². The lowest BCUT2D eigenvalue weighted by atomic mass is 9.77. The van der Waals surface area contributed by atoms with Crippen LogP contribution in [0.25, 0.3) is 0 Å². The summed E-state index contributed by atoms with van der Waals surface area (Å²) in [4.78, 5) is 0. The van der Waals surface area contributed by atoms with Gasteiger partial charge in [0.25, 0.3) is 0 Å². The zero-order valence-corrected chi connectivity index (χ0v) is 26.1. The first-order chi connectivity index (χ1) is 20.3. The lowest BCUT2D eigenvalue weighted by Crippen LogP contribution is -2.22. The van der Waals surface area contributed by atoms with Gasteiger partial charge in [0.05, 0.1) is 11.7 Å². The summed E-state index contributed by atoms with van der Waals surface area (Å²) in [5, 5.41) is 0. The third-order valence-electron chi connectivity index (χ3n) is 10.2. The smallest absolute Gasteiger partial charge is 0.309 e. The molecule has 4 heteroatoms. The average Bonchev–Trinajstić information content (AvgIpc) is 3.00. The maximum Gasteiger partial charge on any atom is 0.386 e. The second kappa shape index (κ2) is 16.1. The molecule has 2 aromatic carbocycles. The van der Waals surface area contributed by atoms with Crippen LogP contribution in [0.4, 0.5) is 13.2 Å². The van der Waals surface area contributed by atoms with Crippen LogP contribution in [0.1, 0.15) is 157 Å². The van der Waals surface area contributed by atoms with Gasteiger partial charge in [0.1, 0.15) is 5.82 Å². The van der Waals surface area contributed by atoms with E-state index >= 15 is 13.2 Å². The van der Waals surface area contributed by atoms with Crippen LogP contribution in [0.3, 0.4) is 0 Å². The fourth-order valence-electron chi connectivity index (χ4n) is 7.37. The molecule has 0 spiro atoms. The highest BCUT2D eigenvalue weighted by molar-refractivity contribution is 5.30. The fraction of sp³-hybridized carbons (Fsp3) is 0.632. The molecule has 0 aliphatic heterocycles. The molecule has 232 valence electrons. The zero-order chi connectivity index (χ0) is 30.0. The lowest BCUT2D eigenvalue weighted by Gasteiger charge is -2.29. The number of ether oxygens (including phenoxy) is 1. The molecule has 0 heterocycles. The van der Waals surface area contributed by atoms with Gasteiger partial charge in [0.15, 0.2) is 0 Å². The maximum atomic E-state index is 15.2. The first-order valence-electron chi connectivity index (χ1n) is 16.9. The Bertz CT molecular complexity index is 1080. The van der Waals surface area contributed by atoms with Crippen LogP contribution in [0.5, 0.6) is 0 Å². The van der Waals surface area contributed by atoms with E-state index in [0.717, 1.165) is 50.0 Å². The summed E-state index contributed by atoms with van der Waals surface area (Å²) in [6.07, 6.45) is 16.8. The minimum atomic E-state index is -3.71. The summed E-state index contributed by atoms with van der Waals surface area (Å²) in [5.74, 6) is 1.43. The molecule has 0 bridgehead atoms. The van der Waals surface area contributed by atoms with Crippen LogP contribution in [0.2, 0.25) is 0 Å². The standard InChI is InChI=1S/C38H53F3O/c1-4-6-8-9-10-12-30-13-17-32(18-14-30)33-23-21-31(22-24-33)28(3)42-38(40,41)36-26-25-35(27-37(36)39)34-19-15-29(16-20-34)11-7-5-2/h5,21-30,32,34H,2,4,6-20H2,1,3H3. The largest absolute Gasteiger partial charge is 0.386 e. The Balaban J connectivity index is 1.27. The van der Waals surface area contributed by atoms with Gasteiger partial charge in [0.2, 0.25) is 0 Å². The van der Waals surface area contributed by atoms with E-state index in [1.54, 1.807) is 13.0 Å². The van der Waals surface area contributed by atoms with Crippen LogP contribution in [0, 0.1) is 17.7 Å². The fourth-order valence-corrected chi connectivity index (χ4v) is 7.37. The highest BCUT2D eigenvalue weighted by Gasteiger charge is 2.38. The van der Waals surface area contributed by atoms with Crippen molar-refractivity contribution in [3.05, 3.63) is 83.2 Å². The minimum Gasteiger partial charge on any atom is -0.309 e. The van der Waals surface area contributed by atoms with Crippen LogP contribution in [-0.2, 0) is 10.8 Å². The van der Waals surface area contributed by atoms with Crippen molar-refractivity contribution >= 4 is 0 Å². The van der Waals surface area contributed by atoms with Crippen molar-refractivity contribution in [2.75, 3.05) is 0 Å². The number of hydrogen-bond donors (Lipinski definition) is 0. The van der Waals surface area contributed by atoms with Gasteiger partial charge in [-0.1, -0.05) is 81.9 Å². The molecule has 0 aromatic heterocycles. The summed E-state index contributed by atoms with van der Waals surface area (Å²) in [7, 11) is 0. The van der Waals surface area contributed by atoms with E-state index in [2.05, 4.69) is 25.6 Å². The molecule has 1 nitrogen and oxygen atoms in total. The van der Waals surface area contributed by atoms with Crippen molar-refractivity contribution in [1.82, 2.24) is 0 Å². The Hall–Kier alpha value is -2.07. The number of rotatable bonds is 15. The van der Waals surface area contributed by atoms with E-state index in [4.69, 9.17) is 4.74 Å². The Morgan fingerprint density at radius 1 is 0.810 bits per heavy atom. The average molecular weight is 583 g/mol. The third kappa shape index (κ3) is 9.21. The first-order valence-corrected chi connectivity index (χ1v) is 16.9. The van der Waals surface area contributed by atoms with Gasteiger partial charge in [-0.25, -0.2) is 4.39 Å². The van der Waals surface area contributed by atoms with Crippen molar-refractivity contribution < 1.29 is 17.9 Å². The summed E-state index contributed by atoms with van der Waals surface area (Å²) in [6, 6.07) is 12.2. The van der Waals surface area contributed by atoms with E-state index in [1.807, 2.05) is 18.2 Å². The van der Waals surface area contributed by atoms with Crippen LogP contribution < -0.4 is 0 Å². The Morgan fingerprint density at radius 2 is 1.38 bits per heavy atom. The molecule has 42 heavy (non-hydrogen) atoms. The van der Waals surface area contributed by atoms with Gasteiger partial charge >= 0.3 is 6.11 Å². The molecule has 2 aliphatic carbocycles. The monoisotopic (exact) mass is 582 g/mol. The summed E-state index contributed by atoms with van der Waals surface area (Å²) in [5.41, 5.74) is 2.11. The van der Waals surface area contributed by atoms with Crippen LogP contribution in [0.15, 0.2) is 55.1 Å². The molecular formula is C38H53F3O. The molecule has 2 fully saturated rings. The normalized spacial score (nSPS) is 23.9. The first kappa shape index (κ1) is 32.8. The number of benzene rings is 2. The number of unbranched alkanes of at least 4 members (excludes halogenated alkanes) is 4. The van der Waals surface area contributed by atoms with Crippen molar-refractivity contribution in [2.45, 2.75) is 141 Å². The molecule has 0 saturated heterocycles. The quantitative estimate of drug-likeness (QED) is 0.150. The number of alkyl halides is 2. The number of halogens is 3. The second-order valence-corrected chi connectivity index (χ2v) is 13.2. The lowest BCUT2D eigenvalue weighted by molar-refractivity contribution is -0.273. The predicted molar refractivity (Wildman–Crippen MR) is 168 cm³/mol. The molecular weight excluding hydrogens is 529 g/mol. The number of hydrogen-bond acceptors (Lipinski definition) is 1. The van der Waals surface area contributed by atoms with Gasteiger partial charge in [-0.15, -0.1) is 6.58 Å². The zero-order valence-electron chi connectivity index (χ0n) is 26.1. The summed E-state index contributed by atoms with van der Waals surface area (Å²) in [6.45, 7) is 7.68. The van der Waals surface area contributed by atoms with E-state index in [1.165, 1.54) is 81.9 Å². The molecule has 4 rings (SSSR count). The molecule has 0 amide bonds. The van der Waals surface area contributed by atoms with E-state index in [9.17, 15) is 0 Å². The van der Waals surface area contributed by atoms with Gasteiger partial charge in [-0.05, 0) is 124 Å². The Labute approximate surface area is 253 Å². The predicted octanol–water partition coefficient (Wildman–Crippen LogP) is 12.5. The van der Waals surface area contributed by atoms with Crippen molar-refractivity contribution in [2.24, 2.45) is 11.8 Å². The van der Waals surface area contributed by atoms with Crippen LogP contribution in [-0.4, -0.2) is 0 Å². The molecule has 1 atom stereocenters. The van der Waals surface area contributed by atoms with Crippen LogP contribution >= 0.6 is 0 Å².